The van der Waals surface area contributed by atoms with E-state index in [0.717, 1.165) is 5.56 Å². The number of nitro benzene ring substituents is 1. The van der Waals surface area contributed by atoms with Gasteiger partial charge in [0.15, 0.2) is 0 Å². The molecule has 2 N–H and O–H groups in total. The SMILES string of the molecule is CNCC(C)C(=O)NC(C)c1cccc([N+](=O)[O-])c1. The molecule has 0 aliphatic heterocycles. The number of carbonyl (C=O) groups excluding carboxylic acids is 1. The van der Waals surface area contributed by atoms with Gasteiger partial charge in [-0.05, 0) is 19.5 Å². The molecule has 1 aromatic rings. The number of nitrogens with zero attached hydrogens (tertiary/aromatic N) is 1. The lowest BCUT2D eigenvalue weighted by atomic mass is 10.1. The molecule has 0 spiro atoms. The minimum Gasteiger partial charge on any atom is -0.349 e. The number of rotatable bonds is 6. The summed E-state index contributed by atoms with van der Waals surface area (Å²) in [7, 11) is 1.79. The van der Waals surface area contributed by atoms with Gasteiger partial charge in [-0.3, -0.25) is 14.9 Å². The van der Waals surface area contributed by atoms with Gasteiger partial charge in [0.2, 0.25) is 5.91 Å². The van der Waals surface area contributed by atoms with Crippen molar-refractivity contribution in [2.45, 2.75) is 19.9 Å². The van der Waals surface area contributed by atoms with Crippen LogP contribution in [0.5, 0.6) is 0 Å². The van der Waals surface area contributed by atoms with Gasteiger partial charge in [-0.25, -0.2) is 0 Å². The van der Waals surface area contributed by atoms with Crippen molar-refractivity contribution in [1.29, 1.82) is 0 Å². The normalized spacial score (nSPS) is 13.6. The Morgan fingerprint density at radius 2 is 2.11 bits per heavy atom. The average molecular weight is 265 g/mol. The summed E-state index contributed by atoms with van der Waals surface area (Å²) in [5, 5.41) is 16.5. The van der Waals surface area contributed by atoms with Crippen LogP contribution in [-0.4, -0.2) is 24.4 Å². The van der Waals surface area contributed by atoms with Gasteiger partial charge in [-0.1, -0.05) is 19.1 Å². The molecule has 2 unspecified atom stereocenters. The van der Waals surface area contributed by atoms with Crippen molar-refractivity contribution in [1.82, 2.24) is 10.6 Å². The lowest BCUT2D eigenvalue weighted by Gasteiger charge is -2.17. The number of nitro groups is 1. The second-order valence-electron chi connectivity index (χ2n) is 4.54. The fourth-order valence-corrected chi connectivity index (χ4v) is 1.75. The smallest absolute Gasteiger partial charge is 0.269 e. The Morgan fingerprint density at radius 3 is 2.68 bits per heavy atom. The van der Waals surface area contributed by atoms with E-state index >= 15 is 0 Å². The summed E-state index contributed by atoms with van der Waals surface area (Å²) in [6.07, 6.45) is 0. The summed E-state index contributed by atoms with van der Waals surface area (Å²) in [6, 6.07) is 6.04. The zero-order chi connectivity index (χ0) is 14.4. The van der Waals surface area contributed by atoms with Crippen LogP contribution in [0.3, 0.4) is 0 Å². The predicted octanol–water partition coefficient (Wildman–Crippen LogP) is 1.63. The van der Waals surface area contributed by atoms with Crippen molar-refractivity contribution in [2.75, 3.05) is 13.6 Å². The molecule has 0 aliphatic carbocycles. The molecule has 6 nitrogen and oxygen atoms in total. The van der Waals surface area contributed by atoms with Gasteiger partial charge < -0.3 is 10.6 Å². The summed E-state index contributed by atoms with van der Waals surface area (Å²) in [4.78, 5) is 22.1. The monoisotopic (exact) mass is 265 g/mol. The highest BCUT2D eigenvalue weighted by Crippen LogP contribution is 2.19. The third kappa shape index (κ3) is 4.33. The van der Waals surface area contributed by atoms with E-state index in [1.807, 2.05) is 13.8 Å². The number of benzene rings is 1. The zero-order valence-corrected chi connectivity index (χ0v) is 11.3. The van der Waals surface area contributed by atoms with Crippen LogP contribution in [0.2, 0.25) is 0 Å². The van der Waals surface area contributed by atoms with Gasteiger partial charge in [-0.15, -0.1) is 0 Å². The zero-order valence-electron chi connectivity index (χ0n) is 11.3. The topological polar surface area (TPSA) is 84.3 Å². The van der Waals surface area contributed by atoms with E-state index in [-0.39, 0.29) is 23.6 Å². The molecule has 2 atom stereocenters. The van der Waals surface area contributed by atoms with Crippen molar-refractivity contribution >= 4 is 11.6 Å². The number of carbonyl (C=O) groups is 1. The molecule has 104 valence electrons. The molecule has 0 aliphatic rings. The quantitative estimate of drug-likeness (QED) is 0.604. The molecule has 6 heteroatoms. The van der Waals surface area contributed by atoms with E-state index < -0.39 is 4.92 Å². The van der Waals surface area contributed by atoms with E-state index in [0.29, 0.717) is 6.54 Å². The van der Waals surface area contributed by atoms with Crippen LogP contribution < -0.4 is 10.6 Å². The summed E-state index contributed by atoms with van der Waals surface area (Å²) in [6.45, 7) is 4.22. The molecule has 1 aromatic carbocycles. The third-order valence-corrected chi connectivity index (χ3v) is 2.90. The van der Waals surface area contributed by atoms with Crippen molar-refractivity contribution in [2.24, 2.45) is 5.92 Å². The highest BCUT2D eigenvalue weighted by atomic mass is 16.6. The molecule has 0 fully saturated rings. The summed E-state index contributed by atoms with van der Waals surface area (Å²) in [5.41, 5.74) is 0.751. The molecule has 1 rings (SSSR count). The number of hydrogen-bond donors (Lipinski definition) is 2. The summed E-state index contributed by atoms with van der Waals surface area (Å²) in [5.74, 6) is -0.223. The molecule has 0 bridgehead atoms. The number of non-ortho nitro benzene ring substituents is 1. The molecular weight excluding hydrogens is 246 g/mol. The van der Waals surface area contributed by atoms with Crippen LogP contribution >= 0.6 is 0 Å². The summed E-state index contributed by atoms with van der Waals surface area (Å²) < 4.78 is 0. The van der Waals surface area contributed by atoms with Crippen LogP contribution in [0.1, 0.15) is 25.5 Å². The molecular formula is C13H19N3O3. The standard InChI is InChI=1S/C13H19N3O3/c1-9(8-14-3)13(17)15-10(2)11-5-4-6-12(7-11)16(18)19/h4-7,9-10,14H,8H2,1-3H3,(H,15,17). The van der Waals surface area contributed by atoms with E-state index in [1.165, 1.54) is 12.1 Å². The fourth-order valence-electron chi connectivity index (χ4n) is 1.75. The molecule has 0 saturated heterocycles. The van der Waals surface area contributed by atoms with Crippen LogP contribution in [0, 0.1) is 16.0 Å². The maximum absolute atomic E-state index is 11.9. The fraction of sp³-hybridized carbons (Fsp3) is 0.462. The number of hydrogen-bond acceptors (Lipinski definition) is 4. The van der Waals surface area contributed by atoms with E-state index in [9.17, 15) is 14.9 Å². The Hall–Kier alpha value is -1.95. The first kappa shape index (κ1) is 15.1. The van der Waals surface area contributed by atoms with Crippen molar-refractivity contribution in [3.05, 3.63) is 39.9 Å². The molecule has 0 heterocycles. The van der Waals surface area contributed by atoms with Crippen LogP contribution in [-0.2, 0) is 4.79 Å². The average Bonchev–Trinajstić information content (AvgIpc) is 2.39. The Morgan fingerprint density at radius 1 is 1.42 bits per heavy atom. The second kappa shape index (κ2) is 6.84. The van der Waals surface area contributed by atoms with Crippen molar-refractivity contribution in [3.63, 3.8) is 0 Å². The molecule has 0 aromatic heterocycles. The lowest BCUT2D eigenvalue weighted by Crippen LogP contribution is -2.35. The minimum absolute atomic E-state index is 0.0295. The van der Waals surface area contributed by atoms with Gasteiger partial charge in [0.1, 0.15) is 0 Å². The van der Waals surface area contributed by atoms with E-state index in [1.54, 1.807) is 19.2 Å². The first-order valence-electron chi connectivity index (χ1n) is 6.15. The second-order valence-corrected chi connectivity index (χ2v) is 4.54. The molecule has 0 radical (unpaired) electrons. The number of amides is 1. The van der Waals surface area contributed by atoms with Gasteiger partial charge in [0, 0.05) is 24.6 Å². The lowest BCUT2D eigenvalue weighted by molar-refractivity contribution is -0.384. The van der Waals surface area contributed by atoms with Gasteiger partial charge >= 0.3 is 0 Å². The van der Waals surface area contributed by atoms with Gasteiger partial charge in [0.05, 0.1) is 11.0 Å². The first-order valence-corrected chi connectivity index (χ1v) is 6.15. The largest absolute Gasteiger partial charge is 0.349 e. The minimum atomic E-state index is -0.443. The Balaban J connectivity index is 2.72. The summed E-state index contributed by atoms with van der Waals surface area (Å²) >= 11 is 0. The number of nitrogens with one attached hydrogen (secondary N) is 2. The van der Waals surface area contributed by atoms with Crippen molar-refractivity contribution in [3.8, 4) is 0 Å². The highest BCUT2D eigenvalue weighted by molar-refractivity contribution is 5.79. The molecule has 19 heavy (non-hydrogen) atoms. The molecule has 1 amide bonds. The van der Waals surface area contributed by atoms with Gasteiger partial charge in [-0.2, -0.15) is 0 Å². The van der Waals surface area contributed by atoms with Crippen LogP contribution in [0.25, 0.3) is 0 Å². The maximum Gasteiger partial charge on any atom is 0.269 e. The first-order chi connectivity index (χ1) is 8.95. The van der Waals surface area contributed by atoms with Crippen LogP contribution in [0.15, 0.2) is 24.3 Å². The Bertz CT molecular complexity index is 462. The third-order valence-electron chi connectivity index (χ3n) is 2.90. The van der Waals surface area contributed by atoms with Crippen LogP contribution in [0.4, 0.5) is 5.69 Å². The Labute approximate surface area is 112 Å². The molecule has 0 saturated carbocycles. The highest BCUT2D eigenvalue weighted by Gasteiger charge is 2.16. The Kier molecular flexibility index (Phi) is 5.44. The van der Waals surface area contributed by atoms with E-state index in [4.69, 9.17) is 0 Å². The predicted molar refractivity (Wildman–Crippen MR) is 72.7 cm³/mol. The maximum atomic E-state index is 11.9. The van der Waals surface area contributed by atoms with Gasteiger partial charge in [0.25, 0.3) is 5.69 Å². The van der Waals surface area contributed by atoms with E-state index in [2.05, 4.69) is 10.6 Å². The van der Waals surface area contributed by atoms with Crippen molar-refractivity contribution < 1.29 is 9.72 Å².